The number of unbranched alkanes of at least 4 members (excludes halogenated alkanes) is 1. The number of pyridine rings is 1. The molecule has 0 saturated carbocycles. The van der Waals surface area contributed by atoms with Gasteiger partial charge in [-0.05, 0) is 19.4 Å². The monoisotopic (exact) mass is 268 g/mol. The zero-order chi connectivity index (χ0) is 13.4. The highest BCUT2D eigenvalue weighted by atomic mass is 32.1. The van der Waals surface area contributed by atoms with Gasteiger partial charge in [0.1, 0.15) is 11.6 Å². The minimum absolute atomic E-state index is 0.351. The second-order valence-corrected chi connectivity index (χ2v) is 4.45. The molecular formula is C13H20N2O2S. The number of hydrogen-bond donors (Lipinski definition) is 1. The van der Waals surface area contributed by atoms with Crippen LogP contribution in [-0.2, 0) is 4.74 Å². The number of nitrogens with zero attached hydrogens (tertiary/aromatic N) is 1. The predicted molar refractivity (Wildman–Crippen MR) is 76.1 cm³/mol. The maximum Gasteiger partial charge on any atom is 0.214 e. The molecule has 1 aromatic heterocycles. The summed E-state index contributed by atoms with van der Waals surface area (Å²) < 4.78 is 10.9. The summed E-state index contributed by atoms with van der Waals surface area (Å²) in [6, 6.07) is 3.59. The third-order valence-corrected chi connectivity index (χ3v) is 2.57. The Morgan fingerprint density at radius 3 is 2.78 bits per heavy atom. The summed E-state index contributed by atoms with van der Waals surface area (Å²) >= 11 is 4.93. The second-order valence-electron chi connectivity index (χ2n) is 4.01. The Kier molecular flexibility index (Phi) is 6.60. The van der Waals surface area contributed by atoms with Crippen molar-refractivity contribution in [2.24, 2.45) is 5.73 Å². The zero-order valence-electron chi connectivity index (χ0n) is 10.9. The van der Waals surface area contributed by atoms with E-state index in [4.69, 9.17) is 27.4 Å². The lowest BCUT2D eigenvalue weighted by atomic mass is 10.2. The van der Waals surface area contributed by atoms with Crippen molar-refractivity contribution < 1.29 is 9.47 Å². The molecule has 0 aliphatic heterocycles. The van der Waals surface area contributed by atoms with Gasteiger partial charge in [0.05, 0.1) is 6.61 Å². The molecule has 100 valence electrons. The highest BCUT2D eigenvalue weighted by Gasteiger charge is 2.03. The zero-order valence-corrected chi connectivity index (χ0v) is 11.8. The standard InChI is InChI=1S/C13H20N2O2S/c1-3-4-5-16-6-7-17-12-9-11(13(14)18)8-10(2)15-12/h8-9H,3-7H2,1-2H3,(H2,14,18). The molecule has 0 fully saturated rings. The van der Waals surface area contributed by atoms with Gasteiger partial charge in [-0.25, -0.2) is 4.98 Å². The summed E-state index contributed by atoms with van der Waals surface area (Å²) in [5.41, 5.74) is 7.20. The van der Waals surface area contributed by atoms with E-state index in [0.717, 1.165) is 30.7 Å². The number of thiocarbonyl (C=S) groups is 1. The number of hydrogen-bond acceptors (Lipinski definition) is 4. The molecule has 0 aliphatic carbocycles. The third-order valence-electron chi connectivity index (χ3n) is 2.33. The minimum Gasteiger partial charge on any atom is -0.475 e. The van der Waals surface area contributed by atoms with Crippen molar-refractivity contribution >= 4 is 17.2 Å². The molecule has 0 atom stereocenters. The van der Waals surface area contributed by atoms with Crippen molar-refractivity contribution in [3.8, 4) is 5.88 Å². The van der Waals surface area contributed by atoms with E-state index in [1.54, 1.807) is 6.07 Å². The first kappa shape index (κ1) is 14.9. The lowest BCUT2D eigenvalue weighted by Crippen LogP contribution is -2.12. The molecule has 0 unspecified atom stereocenters. The molecule has 1 rings (SSSR count). The van der Waals surface area contributed by atoms with Gasteiger partial charge in [0.2, 0.25) is 5.88 Å². The molecule has 0 amide bonds. The van der Waals surface area contributed by atoms with Gasteiger partial charge < -0.3 is 15.2 Å². The van der Waals surface area contributed by atoms with E-state index in [0.29, 0.717) is 24.1 Å². The molecule has 0 aromatic carbocycles. The number of ether oxygens (including phenoxy) is 2. The van der Waals surface area contributed by atoms with Gasteiger partial charge >= 0.3 is 0 Å². The first-order chi connectivity index (χ1) is 8.63. The van der Waals surface area contributed by atoms with Crippen LogP contribution < -0.4 is 10.5 Å². The van der Waals surface area contributed by atoms with Crippen LogP contribution in [0.25, 0.3) is 0 Å². The second kappa shape index (κ2) is 8.00. The van der Waals surface area contributed by atoms with E-state index in [2.05, 4.69) is 11.9 Å². The maximum absolute atomic E-state index is 5.58. The fourth-order valence-electron chi connectivity index (χ4n) is 1.41. The summed E-state index contributed by atoms with van der Waals surface area (Å²) in [4.78, 5) is 4.61. The molecule has 1 heterocycles. The maximum atomic E-state index is 5.58. The Morgan fingerprint density at radius 1 is 1.33 bits per heavy atom. The van der Waals surface area contributed by atoms with Crippen LogP contribution in [0.3, 0.4) is 0 Å². The van der Waals surface area contributed by atoms with E-state index < -0.39 is 0 Å². The average molecular weight is 268 g/mol. The number of rotatable bonds is 8. The van der Waals surface area contributed by atoms with Crippen LogP contribution in [0.15, 0.2) is 12.1 Å². The Balaban J connectivity index is 2.40. The van der Waals surface area contributed by atoms with Crippen LogP contribution in [0, 0.1) is 6.92 Å². The first-order valence-corrected chi connectivity index (χ1v) is 6.53. The van der Waals surface area contributed by atoms with Crippen LogP contribution in [0.4, 0.5) is 0 Å². The van der Waals surface area contributed by atoms with Gasteiger partial charge in [-0.15, -0.1) is 0 Å². The SMILES string of the molecule is CCCCOCCOc1cc(C(N)=S)cc(C)n1. The third kappa shape index (κ3) is 5.42. The van der Waals surface area contributed by atoms with Crippen molar-refractivity contribution in [3.63, 3.8) is 0 Å². The minimum atomic E-state index is 0.351. The fourth-order valence-corrected chi connectivity index (χ4v) is 1.53. The largest absolute Gasteiger partial charge is 0.475 e. The van der Waals surface area contributed by atoms with E-state index in [1.165, 1.54) is 0 Å². The van der Waals surface area contributed by atoms with Crippen LogP contribution in [0.5, 0.6) is 5.88 Å². The molecule has 4 nitrogen and oxygen atoms in total. The van der Waals surface area contributed by atoms with Gasteiger partial charge in [0.25, 0.3) is 0 Å². The number of aromatic nitrogens is 1. The smallest absolute Gasteiger partial charge is 0.214 e. The summed E-state index contributed by atoms with van der Waals surface area (Å²) in [6.07, 6.45) is 2.21. The molecule has 0 radical (unpaired) electrons. The van der Waals surface area contributed by atoms with Crippen LogP contribution in [-0.4, -0.2) is 29.8 Å². The van der Waals surface area contributed by atoms with Crippen LogP contribution >= 0.6 is 12.2 Å². The number of nitrogens with two attached hydrogens (primary N) is 1. The predicted octanol–water partition coefficient (Wildman–Crippen LogP) is 2.22. The Morgan fingerprint density at radius 2 is 2.11 bits per heavy atom. The van der Waals surface area contributed by atoms with Crippen molar-refractivity contribution in [2.75, 3.05) is 19.8 Å². The van der Waals surface area contributed by atoms with E-state index >= 15 is 0 Å². The van der Waals surface area contributed by atoms with Crippen molar-refractivity contribution in [3.05, 3.63) is 23.4 Å². The summed E-state index contributed by atoms with van der Waals surface area (Å²) in [5, 5.41) is 0. The fraction of sp³-hybridized carbons (Fsp3) is 0.538. The van der Waals surface area contributed by atoms with Crippen molar-refractivity contribution in [2.45, 2.75) is 26.7 Å². The van der Waals surface area contributed by atoms with E-state index in [-0.39, 0.29) is 0 Å². The molecule has 0 bridgehead atoms. The topological polar surface area (TPSA) is 57.4 Å². The quantitative estimate of drug-likeness (QED) is 0.578. The molecule has 18 heavy (non-hydrogen) atoms. The molecular weight excluding hydrogens is 248 g/mol. The van der Waals surface area contributed by atoms with Crippen LogP contribution in [0.1, 0.15) is 31.0 Å². The van der Waals surface area contributed by atoms with Crippen molar-refractivity contribution in [1.29, 1.82) is 0 Å². The van der Waals surface area contributed by atoms with Crippen LogP contribution in [0.2, 0.25) is 0 Å². The average Bonchev–Trinajstić information content (AvgIpc) is 2.33. The lowest BCUT2D eigenvalue weighted by molar-refractivity contribution is 0.0964. The molecule has 2 N–H and O–H groups in total. The van der Waals surface area contributed by atoms with Gasteiger partial charge in [0, 0.05) is 23.9 Å². The number of aryl methyl sites for hydroxylation is 1. The van der Waals surface area contributed by atoms with Gasteiger partial charge in [-0.1, -0.05) is 25.6 Å². The Labute approximate surface area is 113 Å². The lowest BCUT2D eigenvalue weighted by Gasteiger charge is -2.08. The summed E-state index contributed by atoms with van der Waals surface area (Å²) in [6.45, 7) is 5.84. The Bertz CT molecular complexity index is 397. The normalized spacial score (nSPS) is 10.3. The van der Waals surface area contributed by atoms with Gasteiger partial charge in [-0.2, -0.15) is 0 Å². The summed E-state index contributed by atoms with van der Waals surface area (Å²) in [5.74, 6) is 0.539. The molecule has 1 aromatic rings. The first-order valence-electron chi connectivity index (χ1n) is 6.12. The highest BCUT2D eigenvalue weighted by Crippen LogP contribution is 2.12. The highest BCUT2D eigenvalue weighted by molar-refractivity contribution is 7.80. The van der Waals surface area contributed by atoms with Gasteiger partial charge in [-0.3, -0.25) is 0 Å². The summed E-state index contributed by atoms with van der Waals surface area (Å²) in [7, 11) is 0. The van der Waals surface area contributed by atoms with Gasteiger partial charge in [0.15, 0.2) is 0 Å². The molecule has 0 aliphatic rings. The molecule has 0 spiro atoms. The molecule has 5 heteroatoms. The van der Waals surface area contributed by atoms with E-state index in [9.17, 15) is 0 Å². The molecule has 0 saturated heterocycles. The Hall–Kier alpha value is -1.20. The van der Waals surface area contributed by atoms with Crippen molar-refractivity contribution in [1.82, 2.24) is 4.98 Å². The van der Waals surface area contributed by atoms with E-state index in [1.807, 2.05) is 13.0 Å².